The van der Waals surface area contributed by atoms with Gasteiger partial charge >= 0.3 is 0 Å². The van der Waals surface area contributed by atoms with Crippen molar-refractivity contribution < 1.29 is 9.22 Å². The Kier molecular flexibility index (Phi) is 7.60. The van der Waals surface area contributed by atoms with Gasteiger partial charge in [-0.1, -0.05) is 54.9 Å². The Balaban J connectivity index is 1.62. The van der Waals surface area contributed by atoms with Gasteiger partial charge in [-0.05, 0) is 129 Å². The summed E-state index contributed by atoms with van der Waals surface area (Å²) in [5.74, 6) is 6.01. The van der Waals surface area contributed by atoms with Crippen LogP contribution >= 0.6 is 0 Å². The van der Waals surface area contributed by atoms with Gasteiger partial charge in [0.1, 0.15) is 5.78 Å². The van der Waals surface area contributed by atoms with Crippen LogP contribution in [-0.2, 0) is 9.22 Å². The highest BCUT2D eigenvalue weighted by atomic mass is 28.4. The van der Waals surface area contributed by atoms with E-state index in [1.165, 1.54) is 51.4 Å². The van der Waals surface area contributed by atoms with Gasteiger partial charge in [-0.2, -0.15) is 0 Å². The van der Waals surface area contributed by atoms with Crippen molar-refractivity contribution in [3.8, 4) is 0 Å². The second-order valence-corrected chi connectivity index (χ2v) is 20.7. The monoisotopic (exact) mass is 502 g/mol. The van der Waals surface area contributed by atoms with Gasteiger partial charge < -0.3 is 9.22 Å². The largest absolute Gasteiger partial charge is 0.414 e. The molecule has 0 aliphatic heterocycles. The maximum atomic E-state index is 11.7. The fourth-order valence-corrected chi connectivity index (χ4v) is 11.1. The second-order valence-electron chi connectivity index (χ2n) is 16.0. The predicted molar refractivity (Wildman–Crippen MR) is 151 cm³/mol. The molecule has 4 saturated carbocycles. The molecule has 0 saturated heterocycles. The molecule has 0 heterocycles. The first-order chi connectivity index (χ1) is 16.1. The topological polar surface area (TPSA) is 26.3 Å². The Morgan fingerprint density at radius 3 is 2.23 bits per heavy atom. The van der Waals surface area contributed by atoms with Crippen LogP contribution in [0.3, 0.4) is 0 Å². The number of rotatable bonds is 6. The maximum Gasteiger partial charge on any atom is 0.192 e. The summed E-state index contributed by atoms with van der Waals surface area (Å²) >= 11 is 0. The minimum Gasteiger partial charge on any atom is -0.414 e. The Hall–Kier alpha value is -0.153. The first-order valence-electron chi connectivity index (χ1n) is 15.3. The third kappa shape index (κ3) is 4.88. The lowest BCUT2D eigenvalue weighted by Crippen LogP contribution is -2.60. The normalized spacial score (nSPS) is 44.8. The molecule has 4 rings (SSSR count). The molecule has 4 aliphatic carbocycles. The highest BCUT2D eigenvalue weighted by Crippen LogP contribution is 2.69. The van der Waals surface area contributed by atoms with Crippen LogP contribution < -0.4 is 0 Å². The van der Waals surface area contributed by atoms with Crippen LogP contribution in [0.25, 0.3) is 0 Å². The number of Topliss-reactive ketones (excluding diaryl/α,β-unsaturated/α-hetero) is 1. The van der Waals surface area contributed by atoms with E-state index in [1.54, 1.807) is 6.92 Å². The number of carbonyl (C=O) groups is 1. The minimum absolute atomic E-state index is 0.270. The van der Waals surface area contributed by atoms with Gasteiger partial charge in [0, 0.05) is 12.5 Å². The van der Waals surface area contributed by atoms with Crippen molar-refractivity contribution in [2.24, 2.45) is 52.3 Å². The molecule has 0 spiro atoms. The summed E-state index contributed by atoms with van der Waals surface area (Å²) in [4.78, 5) is 11.7. The fraction of sp³-hybridized carbons (Fsp3) is 0.969. The van der Waals surface area contributed by atoms with E-state index < -0.39 is 8.32 Å². The molecule has 3 heteroatoms. The van der Waals surface area contributed by atoms with Crippen molar-refractivity contribution in [2.75, 3.05) is 0 Å². The van der Waals surface area contributed by atoms with Crippen LogP contribution in [-0.4, -0.2) is 20.2 Å². The quantitative estimate of drug-likeness (QED) is 0.338. The van der Waals surface area contributed by atoms with E-state index in [0.29, 0.717) is 28.6 Å². The van der Waals surface area contributed by atoms with Crippen molar-refractivity contribution in [2.45, 2.75) is 144 Å². The number of carbonyl (C=O) groups excluding carboxylic acids is 1. The summed E-state index contributed by atoms with van der Waals surface area (Å²) in [6, 6.07) is 0. The Bertz CT molecular complexity index is 783. The van der Waals surface area contributed by atoms with Crippen LogP contribution in [0.2, 0.25) is 18.1 Å². The number of hydrogen-bond donors (Lipinski definition) is 0. The van der Waals surface area contributed by atoms with Crippen molar-refractivity contribution in [1.29, 1.82) is 0 Å². The minimum atomic E-state index is -1.82. The van der Waals surface area contributed by atoms with Gasteiger partial charge in [0.05, 0.1) is 0 Å². The van der Waals surface area contributed by atoms with E-state index in [2.05, 4.69) is 61.6 Å². The molecule has 202 valence electrons. The molecule has 2 nitrogen and oxygen atoms in total. The maximum absolute atomic E-state index is 11.7. The molecule has 0 aromatic rings. The van der Waals surface area contributed by atoms with E-state index in [1.807, 2.05) is 0 Å². The van der Waals surface area contributed by atoms with E-state index >= 15 is 0 Å². The zero-order chi connectivity index (χ0) is 26.0. The smallest absolute Gasteiger partial charge is 0.192 e. The molecular weight excluding hydrogens is 444 g/mol. The molecule has 0 radical (unpaired) electrons. The van der Waals surface area contributed by atoms with E-state index in [-0.39, 0.29) is 5.04 Å². The molecule has 0 bridgehead atoms. The fourth-order valence-electron chi connectivity index (χ4n) is 9.76. The first-order valence-corrected chi connectivity index (χ1v) is 18.2. The number of ketones is 1. The van der Waals surface area contributed by atoms with Gasteiger partial charge in [0.25, 0.3) is 0 Å². The molecule has 35 heavy (non-hydrogen) atoms. The standard InChI is InChI=1S/C32H58O2Si/c1-21-15-17-32(8)27-16-18-31(7)25(22(2)11-12-23(3)33)13-14-26(31)24(27)20-29(28(32)19-21)34-35(9,10)30(4,5)6/h21-22,24-29H,11-20H2,1-10H3/t21-,22?,24?,25?,26?,27?,28+,29+,31-,32-/m1/s1. The molecule has 4 aliphatic rings. The lowest BCUT2D eigenvalue weighted by molar-refractivity contribution is -0.161. The third-order valence-electron chi connectivity index (χ3n) is 12.9. The summed E-state index contributed by atoms with van der Waals surface area (Å²) in [7, 11) is -1.82. The summed E-state index contributed by atoms with van der Waals surface area (Å²) in [5.41, 5.74) is 0.923. The lowest BCUT2D eigenvalue weighted by Gasteiger charge is -2.64. The average molecular weight is 503 g/mol. The van der Waals surface area contributed by atoms with E-state index in [0.717, 1.165) is 48.3 Å². The zero-order valence-electron chi connectivity index (χ0n) is 25.0. The zero-order valence-corrected chi connectivity index (χ0v) is 26.0. The van der Waals surface area contributed by atoms with E-state index in [9.17, 15) is 4.79 Å². The van der Waals surface area contributed by atoms with Crippen LogP contribution in [0.15, 0.2) is 0 Å². The Labute approximate surface area is 219 Å². The molecule has 4 fully saturated rings. The van der Waals surface area contributed by atoms with Crippen LogP contribution in [0.5, 0.6) is 0 Å². The predicted octanol–water partition coefficient (Wildman–Crippen LogP) is 9.29. The number of fused-ring (bicyclic) bond motifs is 5. The Morgan fingerprint density at radius 2 is 1.60 bits per heavy atom. The molecule has 0 N–H and O–H groups in total. The number of hydrogen-bond acceptors (Lipinski definition) is 2. The molecule has 0 aromatic carbocycles. The summed E-state index contributed by atoms with van der Waals surface area (Å²) in [6.07, 6.45) is 13.5. The highest BCUT2D eigenvalue weighted by Gasteiger charge is 2.63. The second kappa shape index (κ2) is 9.55. The molecule has 5 unspecified atom stereocenters. The first kappa shape index (κ1) is 27.9. The summed E-state index contributed by atoms with van der Waals surface area (Å²) in [6.45, 7) is 24.3. The molecule has 0 amide bonds. The van der Waals surface area contributed by atoms with Gasteiger partial charge in [-0.3, -0.25) is 0 Å². The van der Waals surface area contributed by atoms with Crippen molar-refractivity contribution >= 4 is 14.1 Å². The Morgan fingerprint density at radius 1 is 0.971 bits per heavy atom. The van der Waals surface area contributed by atoms with E-state index in [4.69, 9.17) is 4.43 Å². The van der Waals surface area contributed by atoms with Crippen LogP contribution in [0, 0.1) is 52.3 Å². The van der Waals surface area contributed by atoms with Crippen molar-refractivity contribution in [3.05, 3.63) is 0 Å². The third-order valence-corrected chi connectivity index (χ3v) is 17.4. The van der Waals surface area contributed by atoms with Crippen molar-refractivity contribution in [3.63, 3.8) is 0 Å². The average Bonchev–Trinajstić information content (AvgIpc) is 3.09. The summed E-state index contributed by atoms with van der Waals surface area (Å²) < 4.78 is 7.40. The van der Waals surface area contributed by atoms with Gasteiger partial charge in [0.15, 0.2) is 8.32 Å². The van der Waals surface area contributed by atoms with Gasteiger partial charge in [0.2, 0.25) is 0 Å². The van der Waals surface area contributed by atoms with Crippen LogP contribution in [0.1, 0.15) is 120 Å². The van der Waals surface area contributed by atoms with Gasteiger partial charge in [-0.25, -0.2) is 0 Å². The summed E-state index contributed by atoms with van der Waals surface area (Å²) in [5, 5.41) is 0.270. The highest BCUT2D eigenvalue weighted by molar-refractivity contribution is 6.74. The molecule has 10 atom stereocenters. The molecular formula is C32H58O2Si. The SMILES string of the molecule is CC(=O)CCC(C)C1CCC2C3C[C@H](O[Si](C)(C)C(C)(C)C)[C@@H]4C[C@H](C)CC[C@]4(C)C3CC[C@]12C. The van der Waals surface area contributed by atoms with Crippen molar-refractivity contribution in [1.82, 2.24) is 0 Å². The van der Waals surface area contributed by atoms with Gasteiger partial charge in [-0.15, -0.1) is 0 Å². The van der Waals surface area contributed by atoms with Crippen LogP contribution in [0.4, 0.5) is 0 Å². The lowest BCUT2D eigenvalue weighted by atomic mass is 9.43. The molecule has 0 aromatic heterocycles.